The van der Waals surface area contributed by atoms with Crippen LogP contribution in [-0.4, -0.2) is 43.3 Å². The van der Waals surface area contributed by atoms with Crippen molar-refractivity contribution in [3.05, 3.63) is 5.82 Å². The second-order valence-corrected chi connectivity index (χ2v) is 5.66. The minimum Gasteiger partial charge on any atom is -0.480 e. The highest BCUT2D eigenvalue weighted by molar-refractivity contribution is 5.86. The molecule has 116 valence electrons. The summed E-state index contributed by atoms with van der Waals surface area (Å²) in [6, 6.07) is -0.999. The van der Waals surface area contributed by atoms with Gasteiger partial charge in [-0.3, -0.25) is 0 Å². The molecule has 0 aliphatic heterocycles. The van der Waals surface area contributed by atoms with E-state index in [0.29, 0.717) is 24.6 Å². The van der Waals surface area contributed by atoms with Crippen LogP contribution in [0.15, 0.2) is 0 Å². The molecular weight excluding hydrogens is 276 g/mol. The normalized spacial score (nSPS) is 26.9. The van der Waals surface area contributed by atoms with E-state index in [2.05, 4.69) is 38.2 Å². The van der Waals surface area contributed by atoms with E-state index in [1.165, 1.54) is 0 Å². The second-order valence-electron chi connectivity index (χ2n) is 5.66. The van der Waals surface area contributed by atoms with Crippen LogP contribution in [0.3, 0.4) is 0 Å². The average molecular weight is 296 g/mol. The molecule has 1 saturated carbocycles. The van der Waals surface area contributed by atoms with Crippen molar-refractivity contribution in [2.45, 2.75) is 51.1 Å². The van der Waals surface area contributed by atoms with Crippen LogP contribution >= 0.6 is 0 Å². The van der Waals surface area contributed by atoms with Gasteiger partial charge in [0.25, 0.3) is 0 Å². The summed E-state index contributed by atoms with van der Waals surface area (Å²) >= 11 is 0. The first-order chi connectivity index (χ1) is 9.93. The summed E-state index contributed by atoms with van der Waals surface area (Å²) in [6.45, 7) is 3.78. The van der Waals surface area contributed by atoms with Gasteiger partial charge < -0.3 is 15.7 Å². The van der Waals surface area contributed by atoms with Gasteiger partial charge in [-0.25, -0.2) is 9.59 Å². The van der Waals surface area contributed by atoms with Crippen LogP contribution < -0.4 is 10.6 Å². The number of aromatic nitrogens is 4. The molecule has 21 heavy (non-hydrogen) atoms. The number of H-pyrrole nitrogens is 1. The number of rotatable bonds is 4. The van der Waals surface area contributed by atoms with Crippen LogP contribution in [-0.2, 0) is 4.79 Å². The highest BCUT2D eigenvalue weighted by atomic mass is 16.4. The lowest BCUT2D eigenvalue weighted by molar-refractivity contribution is -0.146. The van der Waals surface area contributed by atoms with Crippen molar-refractivity contribution in [2.24, 2.45) is 5.92 Å². The third kappa shape index (κ3) is 3.47. The topological polar surface area (TPSA) is 133 Å². The Balaban J connectivity index is 1.97. The number of carbonyl (C=O) groups is 2. The van der Waals surface area contributed by atoms with E-state index < -0.39 is 23.6 Å². The summed E-state index contributed by atoms with van der Waals surface area (Å²) in [7, 11) is 0. The number of tetrazole rings is 1. The SMILES string of the molecule is CC1CCC(NC(=O)NC(C)c2nn[nH]n2)(C(=O)O)CC1. The maximum atomic E-state index is 12.0. The Morgan fingerprint density at radius 3 is 2.62 bits per heavy atom. The zero-order valence-corrected chi connectivity index (χ0v) is 12.1. The molecule has 9 heteroatoms. The molecule has 1 atom stereocenters. The molecule has 1 aliphatic carbocycles. The Bertz CT molecular complexity index is 495. The largest absolute Gasteiger partial charge is 0.480 e. The third-order valence-corrected chi connectivity index (χ3v) is 3.99. The number of aromatic amines is 1. The summed E-state index contributed by atoms with van der Waals surface area (Å²) in [4.78, 5) is 23.6. The molecule has 0 spiro atoms. The molecule has 1 heterocycles. The number of amides is 2. The molecule has 4 N–H and O–H groups in total. The van der Waals surface area contributed by atoms with Crippen molar-refractivity contribution < 1.29 is 14.7 Å². The van der Waals surface area contributed by atoms with Crippen molar-refractivity contribution >= 4 is 12.0 Å². The number of hydrogen-bond donors (Lipinski definition) is 4. The first kappa shape index (κ1) is 15.2. The zero-order chi connectivity index (χ0) is 15.5. The standard InChI is InChI=1S/C12H20N6O3/c1-7-3-5-12(6-4-7,10(19)20)14-11(21)13-8(2)9-15-17-18-16-9/h7-8H,3-6H2,1-2H3,(H,19,20)(H2,13,14,21)(H,15,16,17,18). The minimum atomic E-state index is -1.19. The van der Waals surface area contributed by atoms with Crippen molar-refractivity contribution in [3.8, 4) is 0 Å². The van der Waals surface area contributed by atoms with Gasteiger partial charge in [0.15, 0.2) is 5.82 Å². The molecule has 0 radical (unpaired) electrons. The quantitative estimate of drug-likeness (QED) is 0.642. The number of carboxylic acid groups (broad SMARTS) is 1. The van der Waals surface area contributed by atoms with Crippen LogP contribution in [0.2, 0.25) is 0 Å². The first-order valence-electron chi connectivity index (χ1n) is 6.98. The lowest BCUT2D eigenvalue weighted by atomic mass is 9.77. The number of aliphatic carboxylic acids is 1. The summed E-state index contributed by atoms with van der Waals surface area (Å²) in [5.74, 6) is -0.163. The van der Waals surface area contributed by atoms with E-state index in [4.69, 9.17) is 0 Å². The van der Waals surface area contributed by atoms with Crippen molar-refractivity contribution in [3.63, 3.8) is 0 Å². The van der Waals surface area contributed by atoms with E-state index in [-0.39, 0.29) is 0 Å². The van der Waals surface area contributed by atoms with Crippen LogP contribution in [0.4, 0.5) is 4.79 Å². The summed E-state index contributed by atoms with van der Waals surface area (Å²) in [5, 5.41) is 27.9. The predicted octanol–water partition coefficient (Wildman–Crippen LogP) is 0.593. The molecule has 9 nitrogen and oxygen atoms in total. The highest BCUT2D eigenvalue weighted by Crippen LogP contribution is 2.32. The molecule has 1 unspecified atom stereocenters. The number of carboxylic acids is 1. The Hall–Kier alpha value is -2.19. The molecule has 2 rings (SSSR count). The maximum absolute atomic E-state index is 12.0. The third-order valence-electron chi connectivity index (χ3n) is 3.99. The van der Waals surface area contributed by atoms with E-state index in [9.17, 15) is 14.7 Å². The van der Waals surface area contributed by atoms with E-state index >= 15 is 0 Å². The Kier molecular flexibility index (Phi) is 4.39. The second kappa shape index (κ2) is 6.06. The lowest BCUT2D eigenvalue weighted by Crippen LogP contribution is -2.58. The van der Waals surface area contributed by atoms with Gasteiger partial charge in [-0.05, 0) is 38.5 Å². The number of urea groups is 1. The summed E-state index contributed by atoms with van der Waals surface area (Å²) in [5.41, 5.74) is -1.19. The minimum absolute atomic E-state index is 0.340. The number of nitrogens with one attached hydrogen (secondary N) is 3. The maximum Gasteiger partial charge on any atom is 0.329 e. The van der Waals surface area contributed by atoms with Crippen molar-refractivity contribution in [1.29, 1.82) is 0 Å². The van der Waals surface area contributed by atoms with Gasteiger partial charge in [-0.1, -0.05) is 12.1 Å². The Labute approximate surface area is 121 Å². The molecule has 0 saturated heterocycles. The fourth-order valence-electron chi connectivity index (χ4n) is 2.51. The van der Waals surface area contributed by atoms with Crippen LogP contribution in [0.5, 0.6) is 0 Å². The smallest absolute Gasteiger partial charge is 0.329 e. The van der Waals surface area contributed by atoms with Gasteiger partial charge in [0.1, 0.15) is 5.54 Å². The van der Waals surface area contributed by atoms with Gasteiger partial charge in [-0.15, -0.1) is 10.2 Å². The van der Waals surface area contributed by atoms with Gasteiger partial charge in [0.05, 0.1) is 6.04 Å². The lowest BCUT2D eigenvalue weighted by Gasteiger charge is -2.36. The van der Waals surface area contributed by atoms with E-state index in [0.717, 1.165) is 12.8 Å². The molecule has 1 aromatic heterocycles. The van der Waals surface area contributed by atoms with Crippen LogP contribution in [0, 0.1) is 5.92 Å². The first-order valence-corrected chi connectivity index (χ1v) is 6.98. The molecular formula is C12H20N6O3. The number of hydrogen-bond acceptors (Lipinski definition) is 5. The fraction of sp³-hybridized carbons (Fsp3) is 0.750. The van der Waals surface area contributed by atoms with Gasteiger partial charge in [0.2, 0.25) is 0 Å². The fourth-order valence-corrected chi connectivity index (χ4v) is 2.51. The highest BCUT2D eigenvalue weighted by Gasteiger charge is 2.42. The summed E-state index contributed by atoms with van der Waals surface area (Å²) < 4.78 is 0. The van der Waals surface area contributed by atoms with Gasteiger partial charge in [0, 0.05) is 0 Å². The zero-order valence-electron chi connectivity index (χ0n) is 12.1. The van der Waals surface area contributed by atoms with Crippen LogP contribution in [0.1, 0.15) is 51.4 Å². The molecule has 2 amide bonds. The van der Waals surface area contributed by atoms with Gasteiger partial charge >= 0.3 is 12.0 Å². The van der Waals surface area contributed by atoms with E-state index in [1.54, 1.807) is 6.92 Å². The van der Waals surface area contributed by atoms with Crippen LogP contribution in [0.25, 0.3) is 0 Å². The monoisotopic (exact) mass is 296 g/mol. The Morgan fingerprint density at radius 1 is 1.43 bits per heavy atom. The summed E-state index contributed by atoms with van der Waals surface area (Å²) in [6.07, 6.45) is 2.45. The van der Waals surface area contributed by atoms with Gasteiger partial charge in [-0.2, -0.15) is 5.21 Å². The molecule has 0 aromatic carbocycles. The number of nitrogens with zero attached hydrogens (tertiary/aromatic N) is 3. The number of carbonyl (C=O) groups excluding carboxylic acids is 1. The van der Waals surface area contributed by atoms with Crippen molar-refractivity contribution in [1.82, 2.24) is 31.3 Å². The van der Waals surface area contributed by atoms with Crippen molar-refractivity contribution in [2.75, 3.05) is 0 Å². The molecule has 1 fully saturated rings. The molecule has 1 aliphatic rings. The molecule has 1 aromatic rings. The molecule has 0 bridgehead atoms. The predicted molar refractivity (Wildman–Crippen MR) is 72.3 cm³/mol. The Morgan fingerprint density at radius 2 is 2.10 bits per heavy atom. The average Bonchev–Trinajstić information content (AvgIpc) is 2.95. The van der Waals surface area contributed by atoms with E-state index in [1.807, 2.05) is 0 Å².